The molecule has 1 heterocycles. The lowest BCUT2D eigenvalue weighted by Gasteiger charge is -2.08. The second-order valence-electron chi connectivity index (χ2n) is 4.11. The lowest BCUT2D eigenvalue weighted by atomic mass is 10.2. The van der Waals surface area contributed by atoms with E-state index in [0.29, 0.717) is 10.9 Å². The van der Waals surface area contributed by atoms with E-state index in [0.717, 1.165) is 5.57 Å². The highest BCUT2D eigenvalue weighted by atomic mass is 32.2. The number of pyridine rings is 1. The van der Waals surface area contributed by atoms with Gasteiger partial charge in [0.05, 0.1) is 10.4 Å². The maximum atomic E-state index is 12.2. The highest BCUT2D eigenvalue weighted by Crippen LogP contribution is 2.20. The number of fused-ring (bicyclic) bond motifs is 1. The Morgan fingerprint density at radius 2 is 2.11 bits per heavy atom. The summed E-state index contributed by atoms with van der Waals surface area (Å²) in [6.45, 7) is 5.68. The molecule has 1 aromatic carbocycles. The van der Waals surface area contributed by atoms with Crippen LogP contribution in [0.3, 0.4) is 0 Å². The molecule has 0 saturated carbocycles. The van der Waals surface area contributed by atoms with Crippen molar-refractivity contribution in [3.8, 4) is 0 Å². The standard InChI is InChI=1S/C13H14N2O2S/c1-10(2)9-15-18(16,17)13-7-3-6-12-11(13)5-4-8-14-12/h3-8,15H,1,9H2,2H3. The van der Waals surface area contributed by atoms with Crippen LogP contribution in [0.25, 0.3) is 10.9 Å². The van der Waals surface area contributed by atoms with Crippen molar-refractivity contribution >= 4 is 20.9 Å². The van der Waals surface area contributed by atoms with Gasteiger partial charge in [0.2, 0.25) is 10.0 Å². The molecule has 0 atom stereocenters. The summed E-state index contributed by atoms with van der Waals surface area (Å²) in [6, 6.07) is 8.51. The topological polar surface area (TPSA) is 59.1 Å². The summed E-state index contributed by atoms with van der Waals surface area (Å²) in [5.74, 6) is 0. The monoisotopic (exact) mass is 262 g/mol. The molecule has 0 bridgehead atoms. The van der Waals surface area contributed by atoms with Crippen molar-refractivity contribution < 1.29 is 8.42 Å². The third kappa shape index (κ3) is 2.57. The maximum absolute atomic E-state index is 12.2. The van der Waals surface area contributed by atoms with Gasteiger partial charge in [-0.25, -0.2) is 13.1 Å². The average Bonchev–Trinajstić information content (AvgIpc) is 2.36. The van der Waals surface area contributed by atoms with Crippen LogP contribution < -0.4 is 4.72 Å². The van der Waals surface area contributed by atoms with Gasteiger partial charge in [0.15, 0.2) is 0 Å². The number of nitrogens with one attached hydrogen (secondary N) is 1. The van der Waals surface area contributed by atoms with Crippen molar-refractivity contribution in [2.24, 2.45) is 0 Å². The average molecular weight is 262 g/mol. The number of sulfonamides is 1. The van der Waals surface area contributed by atoms with Crippen LogP contribution in [-0.4, -0.2) is 19.9 Å². The van der Waals surface area contributed by atoms with Crippen molar-refractivity contribution in [2.75, 3.05) is 6.54 Å². The van der Waals surface area contributed by atoms with Gasteiger partial charge in [-0.2, -0.15) is 0 Å². The highest BCUT2D eigenvalue weighted by molar-refractivity contribution is 7.89. The van der Waals surface area contributed by atoms with Gasteiger partial charge in [0.1, 0.15) is 0 Å². The summed E-state index contributed by atoms with van der Waals surface area (Å²) >= 11 is 0. The first-order valence-electron chi connectivity index (χ1n) is 5.48. The van der Waals surface area contributed by atoms with Gasteiger partial charge < -0.3 is 0 Å². The molecule has 1 aromatic heterocycles. The van der Waals surface area contributed by atoms with Crippen LogP contribution in [0.4, 0.5) is 0 Å². The highest BCUT2D eigenvalue weighted by Gasteiger charge is 2.16. The summed E-state index contributed by atoms with van der Waals surface area (Å²) in [5.41, 5.74) is 1.42. The molecule has 0 fully saturated rings. The number of nitrogens with zero attached hydrogens (tertiary/aromatic N) is 1. The largest absolute Gasteiger partial charge is 0.256 e. The summed E-state index contributed by atoms with van der Waals surface area (Å²) in [7, 11) is -3.53. The molecule has 0 unspecified atom stereocenters. The Hall–Kier alpha value is -1.72. The van der Waals surface area contributed by atoms with E-state index in [-0.39, 0.29) is 11.4 Å². The summed E-state index contributed by atoms with van der Waals surface area (Å²) in [6.07, 6.45) is 1.64. The first-order chi connectivity index (χ1) is 8.50. The molecular formula is C13H14N2O2S. The molecule has 94 valence electrons. The molecule has 5 heteroatoms. The third-order valence-electron chi connectivity index (χ3n) is 2.46. The molecule has 0 aliphatic carbocycles. The molecule has 2 rings (SSSR count). The van der Waals surface area contributed by atoms with Gasteiger partial charge in [-0.15, -0.1) is 0 Å². The minimum absolute atomic E-state index is 0.235. The van der Waals surface area contributed by atoms with E-state index in [2.05, 4.69) is 16.3 Å². The Morgan fingerprint density at radius 1 is 1.33 bits per heavy atom. The van der Waals surface area contributed by atoms with Gasteiger partial charge in [0, 0.05) is 18.1 Å². The molecule has 0 aliphatic rings. The smallest absolute Gasteiger partial charge is 0.241 e. The van der Waals surface area contributed by atoms with Crippen LogP contribution >= 0.6 is 0 Å². The predicted molar refractivity (Wildman–Crippen MR) is 71.7 cm³/mol. The van der Waals surface area contributed by atoms with Crippen LogP contribution in [-0.2, 0) is 10.0 Å². The Morgan fingerprint density at radius 3 is 2.83 bits per heavy atom. The summed E-state index contributed by atoms with van der Waals surface area (Å²) in [5, 5.41) is 0.620. The van der Waals surface area contributed by atoms with Crippen LogP contribution in [0.15, 0.2) is 53.6 Å². The van der Waals surface area contributed by atoms with E-state index in [1.807, 2.05) is 0 Å². The lowest BCUT2D eigenvalue weighted by molar-refractivity contribution is 0.585. The fraction of sp³-hybridized carbons (Fsp3) is 0.154. The second kappa shape index (κ2) is 4.88. The Kier molecular flexibility index (Phi) is 3.45. The minimum atomic E-state index is -3.53. The molecule has 4 nitrogen and oxygen atoms in total. The van der Waals surface area contributed by atoms with Crippen molar-refractivity contribution in [1.82, 2.24) is 9.71 Å². The first kappa shape index (κ1) is 12.7. The van der Waals surface area contributed by atoms with E-state index in [1.165, 1.54) is 0 Å². The fourth-order valence-corrected chi connectivity index (χ4v) is 2.92. The molecule has 18 heavy (non-hydrogen) atoms. The zero-order valence-corrected chi connectivity index (χ0v) is 10.9. The SMILES string of the molecule is C=C(C)CNS(=O)(=O)c1cccc2ncccc12. The molecule has 0 amide bonds. The predicted octanol–water partition coefficient (Wildman–Crippen LogP) is 2.09. The van der Waals surface area contributed by atoms with Crippen molar-refractivity contribution in [2.45, 2.75) is 11.8 Å². The molecule has 0 aliphatic heterocycles. The van der Waals surface area contributed by atoms with E-state index < -0.39 is 10.0 Å². The quantitative estimate of drug-likeness (QED) is 0.858. The van der Waals surface area contributed by atoms with Gasteiger partial charge in [-0.3, -0.25) is 4.98 Å². The molecule has 0 spiro atoms. The zero-order valence-electron chi connectivity index (χ0n) is 10.1. The lowest BCUT2D eigenvalue weighted by Crippen LogP contribution is -2.25. The summed E-state index contributed by atoms with van der Waals surface area (Å²) in [4.78, 5) is 4.39. The molecule has 2 aromatic rings. The fourth-order valence-electron chi connectivity index (χ4n) is 1.61. The van der Waals surface area contributed by atoms with Gasteiger partial charge in [-0.1, -0.05) is 18.2 Å². The van der Waals surface area contributed by atoms with Gasteiger partial charge >= 0.3 is 0 Å². The van der Waals surface area contributed by atoms with E-state index >= 15 is 0 Å². The Labute approximate surface area is 106 Å². The van der Waals surface area contributed by atoms with E-state index in [9.17, 15) is 8.42 Å². The summed E-state index contributed by atoms with van der Waals surface area (Å²) < 4.78 is 26.9. The molecule has 0 radical (unpaired) electrons. The number of rotatable bonds is 4. The number of aromatic nitrogens is 1. The van der Waals surface area contributed by atoms with Crippen LogP contribution in [0.2, 0.25) is 0 Å². The van der Waals surface area contributed by atoms with E-state index in [1.54, 1.807) is 43.5 Å². The normalized spacial score (nSPS) is 11.6. The maximum Gasteiger partial charge on any atom is 0.241 e. The number of hydrogen-bond donors (Lipinski definition) is 1. The first-order valence-corrected chi connectivity index (χ1v) is 6.97. The zero-order chi connectivity index (χ0) is 13.2. The number of benzene rings is 1. The van der Waals surface area contributed by atoms with Gasteiger partial charge in [-0.05, 0) is 31.2 Å². The number of hydrogen-bond acceptors (Lipinski definition) is 3. The van der Waals surface area contributed by atoms with Crippen LogP contribution in [0, 0.1) is 0 Å². The van der Waals surface area contributed by atoms with E-state index in [4.69, 9.17) is 0 Å². The van der Waals surface area contributed by atoms with Gasteiger partial charge in [0.25, 0.3) is 0 Å². The Balaban J connectivity index is 2.50. The van der Waals surface area contributed by atoms with Crippen LogP contribution in [0.5, 0.6) is 0 Å². The second-order valence-corrected chi connectivity index (χ2v) is 5.84. The third-order valence-corrected chi connectivity index (χ3v) is 3.92. The Bertz CT molecular complexity index is 688. The van der Waals surface area contributed by atoms with Crippen molar-refractivity contribution in [3.05, 3.63) is 48.7 Å². The molecule has 0 saturated heterocycles. The molecule has 1 N–H and O–H groups in total. The van der Waals surface area contributed by atoms with Crippen molar-refractivity contribution in [3.63, 3.8) is 0 Å². The van der Waals surface area contributed by atoms with Crippen molar-refractivity contribution in [1.29, 1.82) is 0 Å². The molecular weight excluding hydrogens is 248 g/mol. The minimum Gasteiger partial charge on any atom is -0.256 e. The van der Waals surface area contributed by atoms with Crippen LogP contribution in [0.1, 0.15) is 6.92 Å².